The minimum Gasteiger partial charge on any atom is -0.388 e. The molecule has 7 heteroatoms. The van der Waals surface area contributed by atoms with Crippen molar-refractivity contribution in [3.05, 3.63) is 0 Å². The van der Waals surface area contributed by atoms with Crippen molar-refractivity contribution in [1.29, 1.82) is 0 Å². The molecule has 18 heavy (non-hydrogen) atoms. The molecule has 0 aromatic carbocycles. The normalized spacial score (nSPS) is 26.1. The van der Waals surface area contributed by atoms with Crippen molar-refractivity contribution in [3.8, 4) is 0 Å². The van der Waals surface area contributed by atoms with E-state index >= 15 is 0 Å². The number of nitrogens with zero attached hydrogens (tertiary/aromatic N) is 1. The Morgan fingerprint density at radius 3 is 2.39 bits per heavy atom. The highest BCUT2D eigenvalue weighted by molar-refractivity contribution is 7.87. The summed E-state index contributed by atoms with van der Waals surface area (Å²) in [6.07, 6.45) is 3.89. The second-order valence-electron chi connectivity index (χ2n) is 5.12. The van der Waals surface area contributed by atoms with Gasteiger partial charge >= 0.3 is 0 Å². The molecule has 0 saturated carbocycles. The summed E-state index contributed by atoms with van der Waals surface area (Å²) in [7, 11) is -3.44. The van der Waals surface area contributed by atoms with Crippen molar-refractivity contribution in [2.75, 3.05) is 32.8 Å². The molecule has 2 aliphatic heterocycles. The quantitative estimate of drug-likeness (QED) is 0.749. The number of hydrogen-bond donors (Lipinski definition) is 2. The fraction of sp³-hybridized carbons (Fsp3) is 1.00. The maximum Gasteiger partial charge on any atom is 0.279 e. The zero-order valence-electron chi connectivity index (χ0n) is 10.6. The van der Waals surface area contributed by atoms with Crippen LogP contribution < -0.4 is 4.72 Å². The monoisotopic (exact) mass is 278 g/mol. The predicted molar refractivity (Wildman–Crippen MR) is 67.3 cm³/mol. The van der Waals surface area contributed by atoms with E-state index in [1.807, 2.05) is 0 Å². The Bertz CT molecular complexity index is 359. The van der Waals surface area contributed by atoms with Crippen molar-refractivity contribution in [1.82, 2.24) is 9.03 Å². The molecule has 2 heterocycles. The average Bonchev–Trinajstić information content (AvgIpc) is 2.39. The Kier molecular flexibility index (Phi) is 4.60. The summed E-state index contributed by atoms with van der Waals surface area (Å²) >= 11 is 0. The van der Waals surface area contributed by atoms with Gasteiger partial charge in [-0.3, -0.25) is 0 Å². The molecule has 106 valence electrons. The SMILES string of the molecule is O=S(=O)(NCC1(O)CCOCC1)N1CCCCC1. The van der Waals surface area contributed by atoms with Gasteiger partial charge in [-0.05, 0) is 12.8 Å². The lowest BCUT2D eigenvalue weighted by Crippen LogP contribution is -2.51. The molecule has 0 unspecified atom stereocenters. The lowest BCUT2D eigenvalue weighted by Gasteiger charge is -2.33. The molecule has 0 aromatic heterocycles. The minimum atomic E-state index is -3.44. The third-order valence-electron chi connectivity index (χ3n) is 3.66. The predicted octanol–water partition coefficient (Wildman–Crippen LogP) is -0.152. The second-order valence-corrected chi connectivity index (χ2v) is 6.88. The molecule has 2 fully saturated rings. The maximum absolute atomic E-state index is 12.0. The topological polar surface area (TPSA) is 78.9 Å². The third kappa shape index (κ3) is 3.64. The van der Waals surface area contributed by atoms with Gasteiger partial charge in [0.25, 0.3) is 10.2 Å². The van der Waals surface area contributed by atoms with Crippen molar-refractivity contribution in [2.24, 2.45) is 0 Å². The largest absolute Gasteiger partial charge is 0.388 e. The molecular weight excluding hydrogens is 256 g/mol. The van der Waals surface area contributed by atoms with E-state index in [1.54, 1.807) is 0 Å². The van der Waals surface area contributed by atoms with E-state index in [0.29, 0.717) is 39.1 Å². The van der Waals surface area contributed by atoms with Crippen LogP contribution in [0, 0.1) is 0 Å². The summed E-state index contributed by atoms with van der Waals surface area (Å²) < 4.78 is 33.3. The van der Waals surface area contributed by atoms with Gasteiger partial charge < -0.3 is 9.84 Å². The van der Waals surface area contributed by atoms with E-state index in [9.17, 15) is 13.5 Å². The van der Waals surface area contributed by atoms with Crippen LogP contribution in [-0.2, 0) is 14.9 Å². The molecule has 6 nitrogen and oxygen atoms in total. The molecule has 2 rings (SSSR count). The molecule has 0 spiro atoms. The standard InChI is InChI=1S/C11H22N2O4S/c14-11(4-8-17-9-5-11)10-12-18(15,16)13-6-2-1-3-7-13/h12,14H,1-10H2. The van der Waals surface area contributed by atoms with E-state index in [0.717, 1.165) is 19.3 Å². The van der Waals surface area contributed by atoms with Gasteiger partial charge in [0, 0.05) is 45.7 Å². The zero-order chi connectivity index (χ0) is 13.1. The van der Waals surface area contributed by atoms with Crippen molar-refractivity contribution >= 4 is 10.2 Å². The highest BCUT2D eigenvalue weighted by Gasteiger charge is 2.32. The maximum atomic E-state index is 12.0. The van der Waals surface area contributed by atoms with Gasteiger partial charge in [0.05, 0.1) is 5.60 Å². The molecule has 0 amide bonds. The number of hydrogen-bond acceptors (Lipinski definition) is 4. The smallest absolute Gasteiger partial charge is 0.279 e. The van der Waals surface area contributed by atoms with Gasteiger partial charge in [-0.15, -0.1) is 0 Å². The van der Waals surface area contributed by atoms with Crippen molar-refractivity contribution < 1.29 is 18.3 Å². The van der Waals surface area contributed by atoms with E-state index < -0.39 is 15.8 Å². The number of rotatable bonds is 4. The number of piperidine rings is 1. The molecule has 2 aliphatic rings. The fourth-order valence-electron chi connectivity index (χ4n) is 2.35. The minimum absolute atomic E-state index is 0.0786. The van der Waals surface area contributed by atoms with Crippen LogP contribution in [0.1, 0.15) is 32.1 Å². The Morgan fingerprint density at radius 1 is 1.17 bits per heavy atom. The first kappa shape index (κ1) is 14.2. The molecule has 0 atom stereocenters. The van der Waals surface area contributed by atoms with Crippen LogP contribution in [0.25, 0.3) is 0 Å². The summed E-state index contributed by atoms with van der Waals surface area (Å²) in [5.74, 6) is 0. The summed E-state index contributed by atoms with van der Waals surface area (Å²) in [6.45, 7) is 2.22. The van der Waals surface area contributed by atoms with E-state index in [4.69, 9.17) is 4.74 Å². The van der Waals surface area contributed by atoms with Gasteiger partial charge in [0.1, 0.15) is 0 Å². The Hall–Kier alpha value is -0.210. The van der Waals surface area contributed by atoms with Crippen LogP contribution in [0.15, 0.2) is 0 Å². The van der Waals surface area contributed by atoms with Gasteiger partial charge in [-0.2, -0.15) is 17.4 Å². The van der Waals surface area contributed by atoms with E-state index in [2.05, 4.69) is 4.72 Å². The van der Waals surface area contributed by atoms with Crippen LogP contribution in [0.3, 0.4) is 0 Å². The van der Waals surface area contributed by atoms with Gasteiger partial charge in [0.2, 0.25) is 0 Å². The molecule has 2 N–H and O–H groups in total. The van der Waals surface area contributed by atoms with Crippen LogP contribution >= 0.6 is 0 Å². The van der Waals surface area contributed by atoms with Crippen molar-refractivity contribution in [2.45, 2.75) is 37.7 Å². The molecule has 0 aromatic rings. The van der Waals surface area contributed by atoms with Crippen LogP contribution in [0.5, 0.6) is 0 Å². The number of nitrogens with one attached hydrogen (secondary N) is 1. The average molecular weight is 278 g/mol. The summed E-state index contributed by atoms with van der Waals surface area (Å²) in [6, 6.07) is 0. The Balaban J connectivity index is 1.87. The molecule has 0 bridgehead atoms. The molecule has 0 radical (unpaired) electrons. The highest BCUT2D eigenvalue weighted by Crippen LogP contribution is 2.20. The first-order valence-corrected chi connectivity index (χ1v) is 8.01. The Morgan fingerprint density at radius 2 is 1.78 bits per heavy atom. The van der Waals surface area contributed by atoms with Gasteiger partial charge in [-0.25, -0.2) is 0 Å². The first-order chi connectivity index (χ1) is 8.52. The lowest BCUT2D eigenvalue weighted by atomic mass is 9.95. The molecule has 2 saturated heterocycles. The van der Waals surface area contributed by atoms with Gasteiger partial charge in [0.15, 0.2) is 0 Å². The zero-order valence-corrected chi connectivity index (χ0v) is 11.4. The second kappa shape index (κ2) is 5.83. The lowest BCUT2D eigenvalue weighted by molar-refractivity contribution is -0.0590. The summed E-state index contributed by atoms with van der Waals surface area (Å²) in [5, 5.41) is 10.2. The van der Waals surface area contributed by atoms with Crippen molar-refractivity contribution in [3.63, 3.8) is 0 Å². The summed E-state index contributed by atoms with van der Waals surface area (Å²) in [4.78, 5) is 0. The third-order valence-corrected chi connectivity index (χ3v) is 5.22. The number of ether oxygens (including phenoxy) is 1. The molecular formula is C11H22N2O4S. The summed E-state index contributed by atoms with van der Waals surface area (Å²) in [5.41, 5.74) is -0.957. The van der Waals surface area contributed by atoms with Crippen LogP contribution in [0.4, 0.5) is 0 Å². The number of aliphatic hydroxyl groups is 1. The Labute approximate surface area is 108 Å². The van der Waals surface area contributed by atoms with Crippen LogP contribution in [-0.4, -0.2) is 56.3 Å². The fourth-order valence-corrected chi connectivity index (χ4v) is 3.72. The highest BCUT2D eigenvalue weighted by atomic mass is 32.2. The first-order valence-electron chi connectivity index (χ1n) is 6.57. The van der Waals surface area contributed by atoms with Crippen LogP contribution in [0.2, 0.25) is 0 Å². The molecule has 0 aliphatic carbocycles. The van der Waals surface area contributed by atoms with E-state index in [1.165, 1.54) is 4.31 Å². The van der Waals surface area contributed by atoms with Gasteiger partial charge in [-0.1, -0.05) is 6.42 Å². The van der Waals surface area contributed by atoms with E-state index in [-0.39, 0.29) is 6.54 Å².